The highest BCUT2D eigenvalue weighted by molar-refractivity contribution is 5.69. The number of hydrogen-bond acceptors (Lipinski definition) is 4. The summed E-state index contributed by atoms with van der Waals surface area (Å²) in [6.07, 6.45) is -6.17. The minimum Gasteiger partial charge on any atom is -0.393 e. The molecule has 1 unspecified atom stereocenters. The highest BCUT2D eigenvalue weighted by atomic mass is 16.3. The molecule has 7 heteroatoms. The number of rotatable bonds is 7. The molecule has 0 aliphatic carbocycles. The van der Waals surface area contributed by atoms with Crippen molar-refractivity contribution in [3.63, 3.8) is 0 Å². The van der Waals surface area contributed by atoms with Gasteiger partial charge in [-0.05, 0) is 32.5 Å². The van der Waals surface area contributed by atoms with E-state index in [-0.39, 0.29) is 15.7 Å². The van der Waals surface area contributed by atoms with Crippen LogP contribution in [-0.2, 0) is 20.1 Å². The van der Waals surface area contributed by atoms with Crippen molar-refractivity contribution >= 4 is 11.2 Å². The lowest BCUT2D eigenvalue weighted by Gasteiger charge is -2.10. The molecule has 0 amide bonds. The van der Waals surface area contributed by atoms with Crippen molar-refractivity contribution in [3.05, 3.63) is 27.2 Å². The van der Waals surface area contributed by atoms with Crippen LogP contribution in [0, 0.1) is 0 Å². The minimum absolute atomic E-state index is 0.0306. The summed E-state index contributed by atoms with van der Waals surface area (Å²) in [6.45, 7) is 0.133. The first-order chi connectivity index (χ1) is 12.7. The molecule has 0 aromatic carbocycles. The molecule has 2 aromatic heterocycles. The molecule has 122 valence electrons. The highest BCUT2D eigenvalue weighted by Crippen LogP contribution is 2.07. The zero-order valence-electron chi connectivity index (χ0n) is 18.8. The van der Waals surface area contributed by atoms with E-state index >= 15 is 0 Å². The first-order valence-corrected chi connectivity index (χ1v) is 7.06. The molecule has 0 bridgehead atoms. The second-order valence-electron chi connectivity index (χ2n) is 5.06. The summed E-state index contributed by atoms with van der Waals surface area (Å²) in [5.41, 5.74) is -2.28. The summed E-state index contributed by atoms with van der Waals surface area (Å²) in [5, 5.41) is 9.47. The van der Waals surface area contributed by atoms with Gasteiger partial charge >= 0.3 is 5.69 Å². The van der Waals surface area contributed by atoms with Crippen LogP contribution in [0.5, 0.6) is 0 Å². The SMILES string of the molecule is [2H]C([2H])(CC(C)O)C([2H])([2H])C([2H])([2H])n1c(=O)c2c(ncn2CCC)n(C)c1=O. The van der Waals surface area contributed by atoms with Gasteiger partial charge in [0.05, 0.1) is 15.2 Å². The number of aliphatic hydroxyl groups excluding tert-OH is 1. The number of aromatic nitrogens is 4. The summed E-state index contributed by atoms with van der Waals surface area (Å²) in [4.78, 5) is 29.7. The largest absolute Gasteiger partial charge is 0.393 e. The molecule has 2 heterocycles. The van der Waals surface area contributed by atoms with Crippen LogP contribution in [0.2, 0.25) is 0 Å². The molecule has 2 rings (SSSR count). The lowest BCUT2D eigenvalue weighted by Crippen LogP contribution is -2.39. The van der Waals surface area contributed by atoms with Crippen LogP contribution in [0.3, 0.4) is 0 Å². The fourth-order valence-electron chi connectivity index (χ4n) is 2.07. The van der Waals surface area contributed by atoms with Crippen LogP contribution in [0.1, 0.15) is 47.7 Å². The zero-order valence-corrected chi connectivity index (χ0v) is 12.8. The van der Waals surface area contributed by atoms with E-state index in [9.17, 15) is 14.7 Å². The first kappa shape index (κ1) is 9.99. The Kier molecular flexibility index (Phi) is 3.14. The topological polar surface area (TPSA) is 82.1 Å². The van der Waals surface area contributed by atoms with Gasteiger partial charge in [0, 0.05) is 25.6 Å². The lowest BCUT2D eigenvalue weighted by molar-refractivity contribution is 0.180. The maximum absolute atomic E-state index is 13.0. The Morgan fingerprint density at radius 3 is 2.77 bits per heavy atom. The van der Waals surface area contributed by atoms with Crippen LogP contribution in [0.4, 0.5) is 0 Å². The monoisotopic (exact) mass is 314 g/mol. The van der Waals surface area contributed by atoms with Crippen molar-refractivity contribution < 1.29 is 13.3 Å². The number of aryl methyl sites for hydroxylation is 2. The third-order valence-electron chi connectivity index (χ3n) is 3.14. The van der Waals surface area contributed by atoms with Gasteiger partial charge in [-0.25, -0.2) is 9.78 Å². The lowest BCUT2D eigenvalue weighted by atomic mass is 10.2. The molecule has 22 heavy (non-hydrogen) atoms. The molecule has 0 fully saturated rings. The van der Waals surface area contributed by atoms with Gasteiger partial charge in [-0.15, -0.1) is 0 Å². The first-order valence-electron chi connectivity index (χ1n) is 10.1. The molecule has 0 aliphatic heterocycles. The van der Waals surface area contributed by atoms with Crippen molar-refractivity contribution in [1.29, 1.82) is 0 Å². The molecule has 7 nitrogen and oxygen atoms in total. The van der Waals surface area contributed by atoms with Crippen LogP contribution in [-0.4, -0.2) is 29.9 Å². The van der Waals surface area contributed by atoms with Gasteiger partial charge in [-0.2, -0.15) is 0 Å². The highest BCUT2D eigenvalue weighted by Gasteiger charge is 2.15. The normalized spacial score (nSPS) is 18.9. The quantitative estimate of drug-likeness (QED) is 0.821. The van der Waals surface area contributed by atoms with Gasteiger partial charge in [0.15, 0.2) is 11.2 Å². The molecule has 2 aromatic rings. The smallest absolute Gasteiger partial charge is 0.332 e. The maximum Gasteiger partial charge on any atom is 0.332 e. The number of hydrogen-bond donors (Lipinski definition) is 1. The average molecular weight is 314 g/mol. The number of nitrogens with zero attached hydrogens (tertiary/aromatic N) is 4. The van der Waals surface area contributed by atoms with Crippen LogP contribution >= 0.6 is 0 Å². The van der Waals surface area contributed by atoms with E-state index in [1.165, 1.54) is 24.9 Å². The number of imidazole rings is 1. The second kappa shape index (κ2) is 6.91. The summed E-state index contributed by atoms with van der Waals surface area (Å²) >= 11 is 0. The van der Waals surface area contributed by atoms with Gasteiger partial charge in [-0.1, -0.05) is 6.92 Å². The van der Waals surface area contributed by atoms with Gasteiger partial charge in [0.2, 0.25) is 0 Å². The molecular formula is C15H24N4O3. The molecule has 1 N–H and O–H groups in total. The van der Waals surface area contributed by atoms with Crippen LogP contribution in [0.25, 0.3) is 11.2 Å². The molecule has 1 atom stereocenters. The van der Waals surface area contributed by atoms with E-state index in [0.29, 0.717) is 13.0 Å². The summed E-state index contributed by atoms with van der Waals surface area (Å²) in [7, 11) is 1.28. The number of fused-ring (bicyclic) bond motifs is 1. The third kappa shape index (κ3) is 3.14. The van der Waals surface area contributed by atoms with Crippen molar-refractivity contribution in [3.8, 4) is 0 Å². The molecule has 0 saturated carbocycles. The van der Waals surface area contributed by atoms with Crippen LogP contribution < -0.4 is 11.2 Å². The van der Waals surface area contributed by atoms with E-state index in [1.807, 2.05) is 6.92 Å². The average Bonchev–Trinajstić information content (AvgIpc) is 2.95. The van der Waals surface area contributed by atoms with Gasteiger partial charge in [0.1, 0.15) is 0 Å². The predicted octanol–water partition coefficient (Wildman–Crippen LogP) is 0.858. The van der Waals surface area contributed by atoms with Crippen molar-refractivity contribution in [2.45, 2.75) is 58.6 Å². The zero-order chi connectivity index (χ0) is 21.7. The van der Waals surface area contributed by atoms with E-state index in [1.54, 1.807) is 0 Å². The van der Waals surface area contributed by atoms with Crippen LogP contribution in [0.15, 0.2) is 15.9 Å². The van der Waals surface area contributed by atoms with Gasteiger partial charge in [0.25, 0.3) is 5.56 Å². The third-order valence-corrected chi connectivity index (χ3v) is 3.14. The van der Waals surface area contributed by atoms with Crippen molar-refractivity contribution in [2.75, 3.05) is 0 Å². The molecule has 0 radical (unpaired) electrons. The second-order valence-corrected chi connectivity index (χ2v) is 5.06. The van der Waals surface area contributed by atoms with E-state index in [4.69, 9.17) is 8.22 Å². The Balaban J connectivity index is 2.84. The summed E-state index contributed by atoms with van der Waals surface area (Å²) in [6, 6.07) is 0. The van der Waals surface area contributed by atoms with Crippen molar-refractivity contribution in [1.82, 2.24) is 18.7 Å². The molecule has 0 aliphatic rings. The van der Waals surface area contributed by atoms with E-state index < -0.39 is 43.0 Å². The summed E-state index contributed by atoms with van der Waals surface area (Å²) in [5.74, 6) is 0. The van der Waals surface area contributed by atoms with Crippen molar-refractivity contribution in [2.24, 2.45) is 7.05 Å². The Bertz CT molecular complexity index is 992. The van der Waals surface area contributed by atoms with Gasteiger partial charge in [-0.3, -0.25) is 13.9 Å². The van der Waals surface area contributed by atoms with Gasteiger partial charge < -0.3 is 9.67 Å². The maximum atomic E-state index is 13.0. The van der Waals surface area contributed by atoms with E-state index in [2.05, 4.69) is 4.98 Å². The summed E-state index contributed by atoms with van der Waals surface area (Å²) < 4.78 is 51.1. The number of aliphatic hydroxyl groups is 1. The standard InChI is InChI=1S/C15H24N4O3/c1-4-8-18-10-16-13-12(18)14(21)19(15(22)17(13)3)9-6-5-7-11(2)20/h10-11,20H,4-9H2,1-3H3/i5D2,6D2,9D2. The van der Waals surface area contributed by atoms with E-state index in [0.717, 1.165) is 4.57 Å². The minimum atomic E-state index is -3.34. The Labute approximate surface area is 137 Å². The predicted molar refractivity (Wildman–Crippen MR) is 85.1 cm³/mol. The fraction of sp³-hybridized carbons (Fsp3) is 0.667. The Morgan fingerprint density at radius 2 is 2.14 bits per heavy atom. The Morgan fingerprint density at radius 1 is 1.41 bits per heavy atom. The molecular weight excluding hydrogens is 284 g/mol. The fourth-order valence-corrected chi connectivity index (χ4v) is 2.07. The Hall–Kier alpha value is -1.89. The molecule has 0 spiro atoms. The molecule has 0 saturated heterocycles.